The molecule has 1 amide bonds. The molecule has 1 aromatic heterocycles. The van der Waals surface area contributed by atoms with Crippen LogP contribution in [0.2, 0.25) is 5.02 Å². The zero-order chi connectivity index (χ0) is 26.1. The van der Waals surface area contributed by atoms with Crippen LogP contribution >= 0.6 is 23.4 Å². The molecule has 1 aliphatic heterocycles. The number of nitrogens with zero attached hydrogens (tertiary/aromatic N) is 3. The van der Waals surface area contributed by atoms with Gasteiger partial charge in [0.2, 0.25) is 11.1 Å². The number of halogens is 1. The summed E-state index contributed by atoms with van der Waals surface area (Å²) in [6.45, 7) is 8.01. The van der Waals surface area contributed by atoms with Crippen molar-refractivity contribution in [3.05, 3.63) is 111 Å². The SMILES string of the molecule is CC1=C(C(=O)Nc2ccc(C)cc2C)[C@@H](c2ccc(Cl)cc2)n2nc(SCc3cccc(C)c3)nc2N1. The predicted molar refractivity (Wildman–Crippen MR) is 151 cm³/mol. The summed E-state index contributed by atoms with van der Waals surface area (Å²) in [5.41, 5.74) is 7.58. The van der Waals surface area contributed by atoms with E-state index in [9.17, 15) is 4.79 Å². The molecule has 2 N–H and O–H groups in total. The first kappa shape index (κ1) is 25.1. The van der Waals surface area contributed by atoms with Crippen molar-refractivity contribution in [2.24, 2.45) is 0 Å². The number of aryl methyl sites for hydroxylation is 3. The molecule has 0 unspecified atom stereocenters. The van der Waals surface area contributed by atoms with Gasteiger partial charge in [0.15, 0.2) is 0 Å². The van der Waals surface area contributed by atoms with Gasteiger partial charge >= 0.3 is 0 Å². The van der Waals surface area contributed by atoms with Gasteiger partial charge in [0, 0.05) is 22.2 Å². The van der Waals surface area contributed by atoms with Gasteiger partial charge in [-0.2, -0.15) is 4.98 Å². The molecule has 188 valence electrons. The summed E-state index contributed by atoms with van der Waals surface area (Å²) in [6.07, 6.45) is 0. The number of thioether (sulfide) groups is 1. The van der Waals surface area contributed by atoms with Gasteiger partial charge in [0.1, 0.15) is 6.04 Å². The monoisotopic (exact) mass is 529 g/mol. The molecule has 3 aromatic carbocycles. The number of allylic oxidation sites excluding steroid dienone is 1. The van der Waals surface area contributed by atoms with Crippen molar-refractivity contribution in [1.82, 2.24) is 14.8 Å². The van der Waals surface area contributed by atoms with E-state index in [0.717, 1.165) is 33.8 Å². The van der Waals surface area contributed by atoms with Crippen LogP contribution in [0.3, 0.4) is 0 Å². The second kappa shape index (κ2) is 10.4. The maximum absolute atomic E-state index is 13.7. The lowest BCUT2D eigenvalue weighted by atomic mass is 9.95. The molecule has 6 nitrogen and oxygen atoms in total. The van der Waals surface area contributed by atoms with Crippen LogP contribution in [0.15, 0.2) is 83.2 Å². The molecule has 0 fully saturated rings. The van der Waals surface area contributed by atoms with Crippen LogP contribution in [0, 0.1) is 20.8 Å². The predicted octanol–water partition coefficient (Wildman–Crippen LogP) is 7.08. The van der Waals surface area contributed by atoms with Crippen LogP contribution in [0.5, 0.6) is 0 Å². The van der Waals surface area contributed by atoms with Gasteiger partial charge in [-0.25, -0.2) is 4.68 Å². The van der Waals surface area contributed by atoms with E-state index < -0.39 is 6.04 Å². The number of hydrogen-bond acceptors (Lipinski definition) is 5. The Balaban J connectivity index is 1.49. The van der Waals surface area contributed by atoms with Gasteiger partial charge in [0.25, 0.3) is 5.91 Å². The summed E-state index contributed by atoms with van der Waals surface area (Å²) >= 11 is 7.76. The van der Waals surface area contributed by atoms with Crippen molar-refractivity contribution in [3.8, 4) is 0 Å². The summed E-state index contributed by atoms with van der Waals surface area (Å²) < 4.78 is 1.80. The zero-order valence-electron chi connectivity index (χ0n) is 21.2. The first-order valence-electron chi connectivity index (χ1n) is 12.1. The van der Waals surface area contributed by atoms with Crippen molar-refractivity contribution in [2.45, 2.75) is 44.6 Å². The van der Waals surface area contributed by atoms with Crippen LogP contribution in [-0.2, 0) is 10.5 Å². The Morgan fingerprint density at radius 3 is 2.51 bits per heavy atom. The fourth-order valence-electron chi connectivity index (χ4n) is 4.53. The molecule has 2 heterocycles. The van der Waals surface area contributed by atoms with Crippen LogP contribution in [-0.4, -0.2) is 20.7 Å². The molecule has 5 rings (SSSR count). The Labute approximate surface area is 226 Å². The van der Waals surface area contributed by atoms with Crippen molar-refractivity contribution in [2.75, 3.05) is 10.6 Å². The van der Waals surface area contributed by atoms with Gasteiger partial charge in [-0.1, -0.05) is 83.0 Å². The fourth-order valence-corrected chi connectivity index (χ4v) is 5.43. The molecule has 0 spiro atoms. The number of nitrogens with one attached hydrogen (secondary N) is 2. The van der Waals surface area contributed by atoms with Gasteiger partial charge in [-0.15, -0.1) is 5.10 Å². The molecule has 1 atom stereocenters. The van der Waals surface area contributed by atoms with Crippen molar-refractivity contribution in [1.29, 1.82) is 0 Å². The number of hydrogen-bond donors (Lipinski definition) is 2. The quantitative estimate of drug-likeness (QED) is 0.261. The average Bonchev–Trinajstić information content (AvgIpc) is 3.26. The van der Waals surface area contributed by atoms with E-state index in [2.05, 4.69) is 47.9 Å². The highest BCUT2D eigenvalue weighted by molar-refractivity contribution is 7.98. The largest absolute Gasteiger partial charge is 0.328 e. The van der Waals surface area contributed by atoms with Crippen molar-refractivity contribution < 1.29 is 4.79 Å². The molecular formula is C29H28ClN5OS. The van der Waals surface area contributed by atoms with Crippen molar-refractivity contribution >= 4 is 40.9 Å². The van der Waals surface area contributed by atoms with E-state index in [1.54, 1.807) is 16.4 Å². The van der Waals surface area contributed by atoms with Crippen LogP contribution < -0.4 is 10.6 Å². The molecule has 0 bridgehead atoms. The molecule has 4 aromatic rings. The second-order valence-corrected chi connectivity index (χ2v) is 10.7. The normalized spacial score (nSPS) is 14.8. The van der Waals surface area contributed by atoms with E-state index in [0.29, 0.717) is 21.7 Å². The molecule has 8 heteroatoms. The first-order chi connectivity index (χ1) is 17.8. The van der Waals surface area contributed by atoms with Gasteiger partial charge < -0.3 is 10.6 Å². The van der Waals surface area contributed by atoms with Crippen molar-refractivity contribution in [3.63, 3.8) is 0 Å². The summed E-state index contributed by atoms with van der Waals surface area (Å²) in [5.74, 6) is 1.17. The standard InChI is InChI=1S/C29H28ClN5OS/c1-17-6-5-7-21(15-17)16-37-29-33-28-31-20(4)25(27(36)32-24-13-8-18(2)14-19(24)3)26(35(28)34-29)22-9-11-23(30)12-10-22/h5-15,26H,16H2,1-4H3,(H,32,36)(H,31,33,34)/t26-/m1/s1. The van der Waals surface area contributed by atoms with Crippen LogP contribution in [0.25, 0.3) is 0 Å². The second-order valence-electron chi connectivity index (χ2n) is 9.33. The van der Waals surface area contributed by atoms with E-state index in [4.69, 9.17) is 21.7 Å². The molecule has 0 saturated heterocycles. The molecule has 0 saturated carbocycles. The number of amides is 1. The molecule has 0 aliphatic carbocycles. The number of carbonyl (C=O) groups is 1. The fraction of sp³-hybridized carbons (Fsp3) is 0.207. The third-order valence-corrected chi connectivity index (χ3v) is 7.50. The number of fused-ring (bicyclic) bond motifs is 1. The summed E-state index contributed by atoms with van der Waals surface area (Å²) in [5, 5.41) is 12.5. The van der Waals surface area contributed by atoms with Crippen LogP contribution in [0.4, 0.5) is 11.6 Å². The Morgan fingerprint density at radius 1 is 1.03 bits per heavy atom. The van der Waals surface area contributed by atoms with E-state index in [-0.39, 0.29) is 5.91 Å². The molecule has 1 aliphatic rings. The third-order valence-electron chi connectivity index (χ3n) is 6.34. The Bertz CT molecular complexity index is 1510. The minimum atomic E-state index is -0.458. The number of aromatic nitrogens is 3. The topological polar surface area (TPSA) is 71.8 Å². The summed E-state index contributed by atoms with van der Waals surface area (Å²) in [6, 6.07) is 21.5. The maximum atomic E-state index is 13.7. The minimum absolute atomic E-state index is 0.188. The lowest BCUT2D eigenvalue weighted by Gasteiger charge is -2.29. The number of benzene rings is 3. The summed E-state index contributed by atoms with van der Waals surface area (Å²) in [4.78, 5) is 18.5. The molecule has 37 heavy (non-hydrogen) atoms. The zero-order valence-corrected chi connectivity index (χ0v) is 22.7. The van der Waals surface area contributed by atoms with E-state index >= 15 is 0 Å². The maximum Gasteiger partial charge on any atom is 0.255 e. The average molecular weight is 530 g/mol. The Hall–Kier alpha value is -3.55. The van der Waals surface area contributed by atoms with E-state index in [1.807, 2.05) is 57.2 Å². The van der Waals surface area contributed by atoms with Crippen LogP contribution in [0.1, 0.15) is 40.8 Å². The lowest BCUT2D eigenvalue weighted by Crippen LogP contribution is -2.31. The number of carbonyl (C=O) groups excluding carboxylic acids is 1. The van der Waals surface area contributed by atoms with Gasteiger partial charge in [0.05, 0.1) is 5.57 Å². The molecular weight excluding hydrogens is 502 g/mol. The summed E-state index contributed by atoms with van der Waals surface area (Å²) in [7, 11) is 0. The Kier molecular flexibility index (Phi) is 7.09. The smallest absolute Gasteiger partial charge is 0.255 e. The molecule has 0 radical (unpaired) electrons. The first-order valence-corrected chi connectivity index (χ1v) is 13.4. The number of anilines is 2. The lowest BCUT2D eigenvalue weighted by molar-refractivity contribution is -0.113. The van der Waals surface area contributed by atoms with Gasteiger partial charge in [-0.05, 0) is 62.6 Å². The minimum Gasteiger partial charge on any atom is -0.328 e. The van der Waals surface area contributed by atoms with E-state index in [1.165, 1.54) is 11.1 Å². The number of rotatable bonds is 6. The van der Waals surface area contributed by atoms with Gasteiger partial charge in [-0.3, -0.25) is 4.79 Å². The highest BCUT2D eigenvalue weighted by Crippen LogP contribution is 2.37. The highest BCUT2D eigenvalue weighted by atomic mass is 35.5. The highest BCUT2D eigenvalue weighted by Gasteiger charge is 2.34. The third kappa shape index (κ3) is 5.43. The Morgan fingerprint density at radius 2 is 1.78 bits per heavy atom.